The predicted octanol–water partition coefficient (Wildman–Crippen LogP) is 3.14. The lowest BCUT2D eigenvalue weighted by Crippen LogP contribution is -2.14. The van der Waals surface area contributed by atoms with Gasteiger partial charge in [-0.1, -0.05) is 12.1 Å². The van der Waals surface area contributed by atoms with Gasteiger partial charge in [-0.2, -0.15) is 0 Å². The third-order valence-corrected chi connectivity index (χ3v) is 4.36. The molecule has 138 valence electrons. The largest absolute Gasteiger partial charge is 0.379 e. The van der Waals surface area contributed by atoms with Crippen LogP contribution in [-0.2, 0) is 22.6 Å². The van der Waals surface area contributed by atoms with Crippen molar-refractivity contribution in [3.8, 4) is 0 Å². The smallest absolute Gasteiger partial charge is 0.275 e. The molecular weight excluding hydrogens is 362 g/mol. The molecule has 1 amide bonds. The van der Waals surface area contributed by atoms with Gasteiger partial charge in [0.25, 0.3) is 5.91 Å². The molecule has 0 aliphatic rings. The summed E-state index contributed by atoms with van der Waals surface area (Å²) >= 11 is 1.38. The van der Waals surface area contributed by atoms with Gasteiger partial charge in [-0.25, -0.2) is 4.98 Å². The number of benzene rings is 1. The zero-order chi connectivity index (χ0) is 17.4. The number of carbonyl (C=O) groups excluding carboxylic acids is 1. The maximum absolute atomic E-state index is 12.3. The number of hydrogen-bond acceptors (Lipinski definition) is 6. The van der Waals surface area contributed by atoms with Gasteiger partial charge in [0.05, 0.1) is 19.8 Å². The topological polar surface area (TPSA) is 86.5 Å². The van der Waals surface area contributed by atoms with Crippen molar-refractivity contribution < 1.29 is 14.3 Å². The van der Waals surface area contributed by atoms with Crippen LogP contribution in [-0.4, -0.2) is 30.7 Å². The number of rotatable bonds is 9. The van der Waals surface area contributed by atoms with Gasteiger partial charge in [-0.05, 0) is 31.0 Å². The fourth-order valence-corrected chi connectivity index (χ4v) is 2.77. The molecule has 0 radical (unpaired) electrons. The first-order chi connectivity index (χ1) is 11.7. The zero-order valence-corrected chi connectivity index (χ0v) is 16.0. The molecule has 2 rings (SSSR count). The highest BCUT2D eigenvalue weighted by Crippen LogP contribution is 2.21. The number of halogens is 1. The highest BCUT2D eigenvalue weighted by Gasteiger charge is 2.12. The Morgan fingerprint density at radius 3 is 2.76 bits per heavy atom. The Hall–Kier alpha value is -1.51. The first-order valence-electron chi connectivity index (χ1n) is 7.85. The van der Waals surface area contributed by atoms with Crippen molar-refractivity contribution in [2.24, 2.45) is 5.73 Å². The quantitative estimate of drug-likeness (QED) is 0.647. The summed E-state index contributed by atoms with van der Waals surface area (Å²) in [5.74, 6) is -0.233. The van der Waals surface area contributed by atoms with Crippen molar-refractivity contribution in [2.45, 2.75) is 27.0 Å². The first-order valence-corrected chi connectivity index (χ1v) is 8.73. The molecular formula is C17H24ClN3O3S. The van der Waals surface area contributed by atoms with E-state index in [1.807, 2.05) is 32.0 Å². The summed E-state index contributed by atoms with van der Waals surface area (Å²) in [7, 11) is 0. The van der Waals surface area contributed by atoms with Gasteiger partial charge < -0.3 is 20.5 Å². The molecule has 1 aromatic carbocycles. The van der Waals surface area contributed by atoms with Crippen molar-refractivity contribution in [1.82, 2.24) is 4.98 Å². The van der Waals surface area contributed by atoms with E-state index in [9.17, 15) is 4.79 Å². The lowest BCUT2D eigenvalue weighted by molar-refractivity contribution is 0.0451. The van der Waals surface area contributed by atoms with Crippen molar-refractivity contribution >= 4 is 35.3 Å². The monoisotopic (exact) mass is 385 g/mol. The Labute approximate surface area is 158 Å². The lowest BCUT2D eigenvalue weighted by atomic mass is 10.1. The summed E-state index contributed by atoms with van der Waals surface area (Å²) < 4.78 is 10.8. The predicted molar refractivity (Wildman–Crippen MR) is 103 cm³/mol. The van der Waals surface area contributed by atoms with E-state index in [4.69, 9.17) is 15.2 Å². The third-order valence-electron chi connectivity index (χ3n) is 3.49. The van der Waals surface area contributed by atoms with E-state index in [-0.39, 0.29) is 18.3 Å². The fourth-order valence-electron chi connectivity index (χ4n) is 2.11. The van der Waals surface area contributed by atoms with Gasteiger partial charge in [0.1, 0.15) is 10.7 Å². The number of anilines is 1. The summed E-state index contributed by atoms with van der Waals surface area (Å²) in [5, 5.41) is 5.36. The molecule has 1 aromatic heterocycles. The van der Waals surface area contributed by atoms with Gasteiger partial charge >= 0.3 is 0 Å². The number of aromatic nitrogens is 1. The van der Waals surface area contributed by atoms with E-state index in [0.29, 0.717) is 38.7 Å². The van der Waals surface area contributed by atoms with E-state index >= 15 is 0 Å². The Morgan fingerprint density at radius 1 is 1.32 bits per heavy atom. The van der Waals surface area contributed by atoms with Gasteiger partial charge in [0, 0.05) is 24.2 Å². The molecule has 0 saturated carbocycles. The number of carbonyl (C=O) groups is 1. The minimum atomic E-state index is -0.233. The Bertz CT molecular complexity index is 679. The summed E-state index contributed by atoms with van der Waals surface area (Å²) in [5.41, 5.74) is 8.69. The van der Waals surface area contributed by atoms with Gasteiger partial charge in [-0.15, -0.1) is 23.7 Å². The normalized spacial score (nSPS) is 10.4. The number of amides is 1. The summed E-state index contributed by atoms with van der Waals surface area (Å²) in [6.07, 6.45) is 0. The second-order valence-corrected chi connectivity index (χ2v) is 6.07. The van der Waals surface area contributed by atoms with Gasteiger partial charge in [0.2, 0.25) is 0 Å². The molecule has 1 heterocycles. The van der Waals surface area contributed by atoms with Crippen molar-refractivity contribution in [2.75, 3.05) is 25.1 Å². The van der Waals surface area contributed by atoms with Crippen LogP contribution in [0.4, 0.5) is 5.69 Å². The third kappa shape index (κ3) is 6.37. The second-order valence-electron chi connectivity index (χ2n) is 5.12. The first kappa shape index (κ1) is 21.5. The Balaban J connectivity index is 0.00000312. The maximum atomic E-state index is 12.3. The molecule has 0 saturated heterocycles. The molecule has 0 atom stereocenters. The van der Waals surface area contributed by atoms with Crippen LogP contribution in [0.3, 0.4) is 0 Å². The second kappa shape index (κ2) is 11.2. The van der Waals surface area contributed by atoms with Crippen molar-refractivity contribution in [3.05, 3.63) is 45.4 Å². The molecule has 0 aliphatic carbocycles. The number of nitrogens with two attached hydrogens (primary N) is 1. The van der Waals surface area contributed by atoms with Crippen LogP contribution in [0.15, 0.2) is 23.6 Å². The van der Waals surface area contributed by atoms with E-state index in [1.165, 1.54) is 11.3 Å². The van der Waals surface area contributed by atoms with E-state index in [1.54, 1.807) is 5.38 Å². The maximum Gasteiger partial charge on any atom is 0.275 e. The van der Waals surface area contributed by atoms with Crippen LogP contribution in [0.25, 0.3) is 0 Å². The highest BCUT2D eigenvalue weighted by molar-refractivity contribution is 7.09. The average Bonchev–Trinajstić information content (AvgIpc) is 3.07. The number of nitrogens with zero attached hydrogens (tertiary/aromatic N) is 1. The van der Waals surface area contributed by atoms with Crippen LogP contribution in [0.5, 0.6) is 0 Å². The molecule has 0 unspecified atom stereocenters. The molecule has 0 spiro atoms. The van der Waals surface area contributed by atoms with Crippen molar-refractivity contribution in [3.63, 3.8) is 0 Å². The SMILES string of the molecule is CCOCCOCc1cccc(NC(=O)c2csc(CN)n2)c1C.Cl. The lowest BCUT2D eigenvalue weighted by Gasteiger charge is -2.12. The van der Waals surface area contributed by atoms with Crippen molar-refractivity contribution in [1.29, 1.82) is 0 Å². The average molecular weight is 386 g/mol. The van der Waals surface area contributed by atoms with Crippen LogP contribution in [0, 0.1) is 6.92 Å². The zero-order valence-electron chi connectivity index (χ0n) is 14.4. The van der Waals surface area contributed by atoms with Gasteiger partial charge in [0.15, 0.2) is 0 Å². The molecule has 25 heavy (non-hydrogen) atoms. The number of thiazole rings is 1. The van der Waals surface area contributed by atoms with Crippen LogP contribution in [0.2, 0.25) is 0 Å². The molecule has 0 aliphatic heterocycles. The Kier molecular flexibility index (Phi) is 9.62. The van der Waals surface area contributed by atoms with Crippen LogP contribution >= 0.6 is 23.7 Å². The van der Waals surface area contributed by atoms with E-state index < -0.39 is 0 Å². The van der Waals surface area contributed by atoms with Crippen LogP contribution in [0.1, 0.15) is 33.5 Å². The molecule has 2 aromatic rings. The summed E-state index contributed by atoms with van der Waals surface area (Å²) in [4.78, 5) is 16.5. The van der Waals surface area contributed by atoms with E-state index in [0.717, 1.165) is 21.8 Å². The molecule has 3 N–H and O–H groups in total. The number of hydrogen-bond donors (Lipinski definition) is 2. The highest BCUT2D eigenvalue weighted by atomic mass is 35.5. The van der Waals surface area contributed by atoms with Gasteiger partial charge in [-0.3, -0.25) is 4.79 Å². The summed E-state index contributed by atoms with van der Waals surface area (Å²) in [6, 6.07) is 5.75. The summed E-state index contributed by atoms with van der Waals surface area (Å²) in [6.45, 7) is 6.55. The minimum Gasteiger partial charge on any atom is -0.379 e. The number of ether oxygens (including phenoxy) is 2. The van der Waals surface area contributed by atoms with E-state index in [2.05, 4.69) is 10.3 Å². The minimum absolute atomic E-state index is 0. The molecule has 0 bridgehead atoms. The fraction of sp³-hybridized carbons (Fsp3) is 0.412. The standard InChI is InChI=1S/C17H23N3O3S.ClH/c1-3-22-7-8-23-10-13-5-4-6-14(12(13)2)20-17(21)15-11-24-16(9-18)19-15;/h4-6,11H,3,7-10,18H2,1-2H3,(H,20,21);1H. The molecule has 0 fully saturated rings. The molecule has 8 heteroatoms. The Morgan fingerprint density at radius 2 is 2.08 bits per heavy atom. The number of nitrogens with one attached hydrogen (secondary N) is 1. The molecule has 6 nitrogen and oxygen atoms in total. The van der Waals surface area contributed by atoms with Crippen LogP contribution < -0.4 is 11.1 Å².